The predicted molar refractivity (Wildman–Crippen MR) is 81.7 cm³/mol. The molecule has 2 fully saturated rings. The van der Waals surface area contributed by atoms with Crippen LogP contribution in [0.15, 0.2) is 17.5 Å². The first-order valence-electron chi connectivity index (χ1n) is 7.43. The van der Waals surface area contributed by atoms with E-state index in [2.05, 4.69) is 46.7 Å². The smallest absolute Gasteiger partial charge is 0.0561 e. The lowest BCUT2D eigenvalue weighted by Gasteiger charge is -2.27. The molecule has 2 saturated heterocycles. The number of rotatable bonds is 5. The maximum Gasteiger partial charge on any atom is 0.0561 e. The average molecular weight is 279 g/mol. The van der Waals surface area contributed by atoms with Gasteiger partial charge in [0, 0.05) is 30.1 Å². The maximum absolute atomic E-state index is 3.85. The summed E-state index contributed by atoms with van der Waals surface area (Å²) in [6, 6.07) is 6.45. The van der Waals surface area contributed by atoms with Gasteiger partial charge in [-0.1, -0.05) is 6.07 Å². The molecule has 1 N–H and O–H groups in total. The number of nitrogens with zero attached hydrogens (tertiary/aromatic N) is 2. The minimum Gasteiger partial charge on any atom is -0.310 e. The van der Waals surface area contributed by atoms with Crippen LogP contribution in [0.25, 0.3) is 0 Å². The molecule has 3 rings (SSSR count). The summed E-state index contributed by atoms with van der Waals surface area (Å²) in [5.74, 6) is 0. The van der Waals surface area contributed by atoms with Crippen molar-refractivity contribution in [1.82, 2.24) is 15.1 Å². The molecule has 1 aromatic heterocycles. The highest BCUT2D eigenvalue weighted by Gasteiger charge is 2.37. The molecule has 0 saturated carbocycles. The second kappa shape index (κ2) is 5.92. The molecule has 3 atom stereocenters. The second-order valence-corrected chi connectivity index (χ2v) is 7.02. The van der Waals surface area contributed by atoms with Gasteiger partial charge in [0.05, 0.1) is 6.04 Å². The summed E-state index contributed by atoms with van der Waals surface area (Å²) in [7, 11) is 4.37. The summed E-state index contributed by atoms with van der Waals surface area (Å²) in [5.41, 5.74) is 0. The van der Waals surface area contributed by atoms with Gasteiger partial charge in [0.25, 0.3) is 0 Å². The van der Waals surface area contributed by atoms with Crippen molar-refractivity contribution in [2.75, 3.05) is 33.7 Å². The molecule has 0 spiro atoms. The highest BCUT2D eigenvalue weighted by atomic mass is 32.1. The first-order chi connectivity index (χ1) is 9.25. The van der Waals surface area contributed by atoms with Gasteiger partial charge in [0.15, 0.2) is 0 Å². The summed E-state index contributed by atoms with van der Waals surface area (Å²) in [4.78, 5) is 6.48. The van der Waals surface area contributed by atoms with Crippen LogP contribution in [-0.2, 0) is 0 Å². The second-order valence-electron chi connectivity index (χ2n) is 6.04. The van der Waals surface area contributed by atoms with Crippen molar-refractivity contribution < 1.29 is 0 Å². The van der Waals surface area contributed by atoms with Crippen molar-refractivity contribution in [3.63, 3.8) is 0 Å². The zero-order chi connectivity index (χ0) is 13.2. The fraction of sp³-hybridized carbons (Fsp3) is 0.733. The molecule has 3 nitrogen and oxygen atoms in total. The van der Waals surface area contributed by atoms with Crippen molar-refractivity contribution in [1.29, 1.82) is 0 Å². The van der Waals surface area contributed by atoms with Gasteiger partial charge in [-0.2, -0.15) is 0 Å². The quantitative estimate of drug-likeness (QED) is 0.891. The third-order valence-electron chi connectivity index (χ3n) is 4.67. The Morgan fingerprint density at radius 1 is 1.42 bits per heavy atom. The molecule has 2 aliphatic rings. The monoisotopic (exact) mass is 279 g/mol. The first kappa shape index (κ1) is 13.6. The molecule has 4 heteroatoms. The molecule has 2 aliphatic heterocycles. The highest BCUT2D eigenvalue weighted by Crippen LogP contribution is 2.29. The van der Waals surface area contributed by atoms with Gasteiger partial charge in [-0.3, -0.25) is 4.90 Å². The van der Waals surface area contributed by atoms with Crippen LogP contribution in [0.2, 0.25) is 0 Å². The van der Waals surface area contributed by atoms with Crippen molar-refractivity contribution in [3.8, 4) is 0 Å². The van der Waals surface area contributed by atoms with E-state index in [1.807, 2.05) is 11.3 Å². The van der Waals surface area contributed by atoms with Crippen molar-refractivity contribution in [2.45, 2.75) is 37.4 Å². The lowest BCUT2D eigenvalue weighted by molar-refractivity contribution is 0.261. The minimum atomic E-state index is 0.510. The highest BCUT2D eigenvalue weighted by molar-refractivity contribution is 7.10. The van der Waals surface area contributed by atoms with E-state index in [0.717, 1.165) is 12.6 Å². The Morgan fingerprint density at radius 3 is 3.05 bits per heavy atom. The Balaban J connectivity index is 1.58. The van der Waals surface area contributed by atoms with E-state index < -0.39 is 0 Å². The Labute approximate surface area is 120 Å². The van der Waals surface area contributed by atoms with Crippen molar-refractivity contribution >= 4 is 11.3 Å². The van der Waals surface area contributed by atoms with Crippen LogP contribution < -0.4 is 5.32 Å². The van der Waals surface area contributed by atoms with Crippen LogP contribution in [0.1, 0.15) is 30.2 Å². The van der Waals surface area contributed by atoms with E-state index in [0.29, 0.717) is 12.1 Å². The summed E-state index contributed by atoms with van der Waals surface area (Å²) >= 11 is 1.87. The molecule has 0 amide bonds. The Morgan fingerprint density at radius 2 is 2.32 bits per heavy atom. The average Bonchev–Trinajstić information content (AvgIpc) is 3.05. The lowest BCUT2D eigenvalue weighted by atomic mass is 10.1. The third-order valence-corrected chi connectivity index (χ3v) is 5.65. The third kappa shape index (κ3) is 2.87. The lowest BCUT2D eigenvalue weighted by Crippen LogP contribution is -2.42. The van der Waals surface area contributed by atoms with Crippen molar-refractivity contribution in [2.24, 2.45) is 0 Å². The van der Waals surface area contributed by atoms with Crippen LogP contribution in [-0.4, -0.2) is 55.6 Å². The summed E-state index contributed by atoms with van der Waals surface area (Å²) in [6.45, 7) is 3.70. The van der Waals surface area contributed by atoms with E-state index in [4.69, 9.17) is 0 Å². The maximum atomic E-state index is 3.85. The number of hydrogen-bond donors (Lipinski definition) is 1. The molecular weight excluding hydrogens is 254 g/mol. The number of fused-ring (bicyclic) bond motifs is 1. The van der Waals surface area contributed by atoms with Crippen LogP contribution >= 0.6 is 11.3 Å². The molecule has 3 heterocycles. The summed E-state index contributed by atoms with van der Waals surface area (Å²) < 4.78 is 0. The number of hydrogen-bond acceptors (Lipinski definition) is 4. The number of likely N-dealkylation sites (N-methyl/N-ethyl adjacent to an activating group) is 1. The van der Waals surface area contributed by atoms with E-state index in [-0.39, 0.29) is 0 Å². The Bertz CT molecular complexity index is 390. The number of nitrogens with one attached hydrogen (secondary N) is 1. The van der Waals surface area contributed by atoms with E-state index in [1.54, 1.807) is 0 Å². The predicted octanol–water partition coefficient (Wildman–Crippen LogP) is 2.18. The van der Waals surface area contributed by atoms with Crippen LogP contribution in [0.3, 0.4) is 0 Å². The molecular formula is C15H25N3S. The van der Waals surface area contributed by atoms with Crippen molar-refractivity contribution in [3.05, 3.63) is 22.4 Å². The summed E-state index contributed by atoms with van der Waals surface area (Å²) in [5, 5.41) is 6.03. The van der Waals surface area contributed by atoms with Gasteiger partial charge < -0.3 is 10.2 Å². The normalized spacial score (nSPS) is 29.0. The Kier molecular flexibility index (Phi) is 4.22. The standard InChI is InChI=1S/C15H25N3S/c1-17(2)14(15-6-4-10-19-15)11-16-12-7-9-18-8-3-5-13(12)18/h4,6,10,12-14,16H,3,5,7-9,11H2,1-2H3. The minimum absolute atomic E-state index is 0.510. The van der Waals surface area contributed by atoms with Gasteiger partial charge >= 0.3 is 0 Å². The molecule has 106 valence electrons. The van der Waals surface area contributed by atoms with Crippen LogP contribution in [0.5, 0.6) is 0 Å². The molecule has 0 radical (unpaired) electrons. The van der Waals surface area contributed by atoms with Gasteiger partial charge in [0.2, 0.25) is 0 Å². The fourth-order valence-electron chi connectivity index (χ4n) is 3.60. The molecule has 0 aliphatic carbocycles. The van der Waals surface area contributed by atoms with Gasteiger partial charge in [-0.15, -0.1) is 11.3 Å². The molecule has 3 unspecified atom stereocenters. The summed E-state index contributed by atoms with van der Waals surface area (Å²) in [6.07, 6.45) is 4.11. The fourth-order valence-corrected chi connectivity index (χ4v) is 4.52. The molecule has 0 bridgehead atoms. The van der Waals surface area contributed by atoms with E-state index >= 15 is 0 Å². The molecule has 19 heavy (non-hydrogen) atoms. The van der Waals surface area contributed by atoms with Gasteiger partial charge in [-0.25, -0.2) is 0 Å². The van der Waals surface area contributed by atoms with E-state index in [9.17, 15) is 0 Å². The zero-order valence-electron chi connectivity index (χ0n) is 12.0. The largest absolute Gasteiger partial charge is 0.310 e. The van der Waals surface area contributed by atoms with E-state index in [1.165, 1.54) is 37.2 Å². The topological polar surface area (TPSA) is 18.5 Å². The molecule has 0 aromatic carbocycles. The zero-order valence-corrected chi connectivity index (χ0v) is 12.8. The van der Waals surface area contributed by atoms with Gasteiger partial charge in [-0.05, 0) is 51.3 Å². The number of thiophene rings is 1. The van der Waals surface area contributed by atoms with Crippen LogP contribution in [0, 0.1) is 0 Å². The molecule has 1 aromatic rings. The first-order valence-corrected chi connectivity index (χ1v) is 8.31. The van der Waals surface area contributed by atoms with Gasteiger partial charge in [0.1, 0.15) is 0 Å². The van der Waals surface area contributed by atoms with Crippen LogP contribution in [0.4, 0.5) is 0 Å². The SMILES string of the molecule is CN(C)C(CNC1CCN2CCCC12)c1cccs1. The Hall–Kier alpha value is -0.420.